The van der Waals surface area contributed by atoms with Crippen LogP contribution in [0, 0.1) is 11.8 Å². The molecule has 0 aromatic heterocycles. The molecule has 2 N–H and O–H groups in total. The summed E-state index contributed by atoms with van der Waals surface area (Å²) in [4.78, 5) is 26.5. The van der Waals surface area contributed by atoms with Gasteiger partial charge in [-0.25, -0.2) is 4.79 Å². The number of aliphatic hydroxyl groups is 2. The minimum atomic E-state index is -1.47. The maximum absolute atomic E-state index is 13.7. The van der Waals surface area contributed by atoms with Gasteiger partial charge in [-0.1, -0.05) is 30.3 Å². The van der Waals surface area contributed by atoms with Gasteiger partial charge in [-0.2, -0.15) is 0 Å². The lowest BCUT2D eigenvalue weighted by molar-refractivity contribution is -0.364. The number of rotatable bonds is 8. The second kappa shape index (κ2) is 14.1. The number of fused-ring (bicyclic) bond motifs is 4. The summed E-state index contributed by atoms with van der Waals surface area (Å²) in [5.41, 5.74) is 2.65. The number of cyclic esters (lactones) is 1. The predicted octanol–water partition coefficient (Wildman–Crippen LogP) is 3.35. The quantitative estimate of drug-likeness (QED) is 0.256. The summed E-state index contributed by atoms with van der Waals surface area (Å²) in [7, 11) is 2.84. The number of carbonyl (C=O) groups excluding carboxylic acids is 2. The van der Waals surface area contributed by atoms with Crippen molar-refractivity contribution in [1.82, 2.24) is 0 Å². The largest absolute Gasteiger partial charge is 0.514 e. The van der Waals surface area contributed by atoms with Crippen LogP contribution in [0.1, 0.15) is 41.2 Å². The normalized spacial score (nSPS) is 31.4. The van der Waals surface area contributed by atoms with E-state index in [1.54, 1.807) is 31.2 Å². The Kier molecular flexibility index (Phi) is 9.32. The molecule has 0 saturated carbocycles. The number of aliphatic hydroxyl groups excluding tert-OH is 2. The molecule has 3 aromatic rings. The summed E-state index contributed by atoms with van der Waals surface area (Å²) in [6, 6.07) is 16.1. The number of esters is 1. The zero-order chi connectivity index (χ0) is 36.1. The first-order valence-electron chi connectivity index (χ1n) is 16.9. The Morgan fingerprint density at radius 3 is 2.31 bits per heavy atom. The number of methoxy groups -OCH3 is 2. The van der Waals surface area contributed by atoms with Gasteiger partial charge in [0.05, 0.1) is 39.5 Å². The molecular formula is C37H38O15. The van der Waals surface area contributed by atoms with Crippen LogP contribution in [-0.2, 0) is 39.8 Å². The highest BCUT2D eigenvalue weighted by atomic mass is 16.8. The Bertz CT molecular complexity index is 1790. The average Bonchev–Trinajstić information content (AvgIpc) is 3.78. The molecule has 4 heterocycles. The van der Waals surface area contributed by atoms with E-state index in [2.05, 4.69) is 0 Å². The first-order chi connectivity index (χ1) is 25.2. The van der Waals surface area contributed by atoms with Crippen molar-refractivity contribution in [2.24, 2.45) is 11.8 Å². The van der Waals surface area contributed by atoms with Crippen LogP contribution in [0.4, 0.5) is 4.79 Å². The topological polar surface area (TPSA) is 176 Å². The lowest BCUT2D eigenvalue weighted by atomic mass is 9.66. The summed E-state index contributed by atoms with van der Waals surface area (Å²) < 4.78 is 63.4. The highest BCUT2D eigenvalue weighted by molar-refractivity contribution is 5.79. The Hall–Kier alpha value is -4.64. The SMILES string of the molecule is COc1cc([C@@H]2c3cc4c(cc3[C@@H](O[C@@H]3O[C@@H]5CO[C@@H](C)O[C@H]5[C@H](O)[C@H]3O)[C@H]3COC(=O)[C@H]23)OCO4)cc(OC)c1OC(=O)OCc1ccccc1. The number of hydrogen-bond acceptors (Lipinski definition) is 15. The smallest absolute Gasteiger partial charge is 0.493 e. The van der Waals surface area contributed by atoms with Crippen molar-refractivity contribution in [2.75, 3.05) is 34.2 Å². The molecule has 0 radical (unpaired) electrons. The molecule has 0 unspecified atom stereocenters. The van der Waals surface area contributed by atoms with Crippen molar-refractivity contribution >= 4 is 12.1 Å². The van der Waals surface area contributed by atoms with Gasteiger partial charge in [-0.3, -0.25) is 4.79 Å². The van der Waals surface area contributed by atoms with Gasteiger partial charge in [-0.15, -0.1) is 0 Å². The molecule has 5 aliphatic rings. The monoisotopic (exact) mass is 722 g/mol. The molecule has 1 aliphatic carbocycles. The highest BCUT2D eigenvalue weighted by Gasteiger charge is 2.56. The molecule has 10 atom stereocenters. The Labute approximate surface area is 298 Å². The van der Waals surface area contributed by atoms with Gasteiger partial charge in [0.25, 0.3) is 0 Å². The number of ether oxygens (including phenoxy) is 11. The van der Waals surface area contributed by atoms with Crippen LogP contribution < -0.4 is 23.7 Å². The summed E-state index contributed by atoms with van der Waals surface area (Å²) in [5.74, 6) is -1.26. The van der Waals surface area contributed by atoms with Crippen molar-refractivity contribution in [1.29, 1.82) is 0 Å². The van der Waals surface area contributed by atoms with Crippen molar-refractivity contribution < 1.29 is 71.9 Å². The Balaban J connectivity index is 1.14. The Morgan fingerprint density at radius 1 is 0.885 bits per heavy atom. The molecule has 0 bridgehead atoms. The number of hydrogen-bond donors (Lipinski definition) is 2. The molecule has 276 valence electrons. The van der Waals surface area contributed by atoms with Gasteiger partial charge >= 0.3 is 12.1 Å². The van der Waals surface area contributed by atoms with Crippen LogP contribution in [-0.4, -0.2) is 93.6 Å². The number of benzene rings is 3. The zero-order valence-corrected chi connectivity index (χ0v) is 28.5. The van der Waals surface area contributed by atoms with Gasteiger partial charge < -0.3 is 62.3 Å². The average molecular weight is 723 g/mol. The number of carbonyl (C=O) groups is 2. The summed E-state index contributed by atoms with van der Waals surface area (Å²) in [5, 5.41) is 22.2. The van der Waals surface area contributed by atoms with E-state index in [0.29, 0.717) is 28.2 Å². The van der Waals surface area contributed by atoms with Gasteiger partial charge in [0, 0.05) is 11.8 Å². The van der Waals surface area contributed by atoms with E-state index in [0.717, 1.165) is 5.56 Å². The van der Waals surface area contributed by atoms with Gasteiger partial charge in [0.2, 0.25) is 12.5 Å². The fourth-order valence-corrected chi connectivity index (χ4v) is 7.65. The van der Waals surface area contributed by atoms with Crippen molar-refractivity contribution in [2.45, 2.75) is 62.5 Å². The lowest BCUT2D eigenvalue weighted by Crippen LogP contribution is -2.63. The molecule has 3 saturated heterocycles. The van der Waals surface area contributed by atoms with Gasteiger partial charge in [0.15, 0.2) is 35.6 Å². The standard InChI is InChI=1S/C37H38O15/c1-17-44-15-27-34(49-17)30(38)31(39)36(50-27)51-32-21-12-24-23(47-16-48-24)11-20(21)28(29-22(32)14-45-35(29)40)19-9-25(42-2)33(26(10-19)43-3)52-37(41)46-13-18-7-5-4-6-8-18/h4-12,17,22,27-32,34,36,38-39H,13-16H2,1-3H3/t17-,22+,27-,28-,29+,30-,31-,32-,34-,36+/m1/s1. The third kappa shape index (κ3) is 6.16. The highest BCUT2D eigenvalue weighted by Crippen LogP contribution is 2.57. The summed E-state index contributed by atoms with van der Waals surface area (Å²) >= 11 is 0. The van der Waals surface area contributed by atoms with Crippen molar-refractivity contribution in [3.8, 4) is 28.7 Å². The maximum atomic E-state index is 13.7. The fraction of sp³-hybridized carbons (Fsp3) is 0.459. The molecule has 0 spiro atoms. The van der Waals surface area contributed by atoms with Crippen LogP contribution in [0.25, 0.3) is 0 Å². The first kappa shape index (κ1) is 34.4. The first-order valence-corrected chi connectivity index (χ1v) is 16.9. The predicted molar refractivity (Wildman–Crippen MR) is 174 cm³/mol. The minimum Gasteiger partial charge on any atom is -0.493 e. The minimum absolute atomic E-state index is 0.00241. The third-order valence-electron chi connectivity index (χ3n) is 10.1. The van der Waals surface area contributed by atoms with Crippen LogP contribution in [0.3, 0.4) is 0 Å². The van der Waals surface area contributed by atoms with Crippen molar-refractivity contribution in [3.63, 3.8) is 0 Å². The van der Waals surface area contributed by atoms with E-state index in [-0.39, 0.29) is 43.9 Å². The lowest BCUT2D eigenvalue weighted by Gasteiger charge is -2.47. The molecule has 3 fully saturated rings. The van der Waals surface area contributed by atoms with E-state index in [9.17, 15) is 19.8 Å². The fourth-order valence-electron chi connectivity index (χ4n) is 7.65. The third-order valence-corrected chi connectivity index (χ3v) is 10.1. The van der Waals surface area contributed by atoms with E-state index >= 15 is 0 Å². The van der Waals surface area contributed by atoms with E-state index in [1.165, 1.54) is 14.2 Å². The Morgan fingerprint density at radius 2 is 1.60 bits per heavy atom. The van der Waals surface area contributed by atoms with Crippen LogP contribution >= 0.6 is 0 Å². The van der Waals surface area contributed by atoms with Gasteiger partial charge in [-0.05, 0) is 53.4 Å². The molecule has 15 nitrogen and oxygen atoms in total. The summed E-state index contributed by atoms with van der Waals surface area (Å²) in [6.45, 7) is 1.81. The molecule has 3 aromatic carbocycles. The van der Waals surface area contributed by atoms with Crippen LogP contribution in [0.2, 0.25) is 0 Å². The molecule has 4 aliphatic heterocycles. The van der Waals surface area contributed by atoms with E-state index < -0.39 is 73.0 Å². The van der Waals surface area contributed by atoms with Crippen LogP contribution in [0.5, 0.6) is 28.7 Å². The van der Waals surface area contributed by atoms with E-state index in [1.807, 2.05) is 30.3 Å². The molecular weight excluding hydrogens is 684 g/mol. The van der Waals surface area contributed by atoms with Crippen molar-refractivity contribution in [3.05, 3.63) is 76.9 Å². The molecule has 0 amide bonds. The second-order valence-corrected chi connectivity index (χ2v) is 13.1. The molecule has 15 heteroatoms. The molecule has 52 heavy (non-hydrogen) atoms. The second-order valence-electron chi connectivity index (χ2n) is 13.1. The maximum Gasteiger partial charge on any atom is 0.514 e. The molecule has 8 rings (SSSR count). The van der Waals surface area contributed by atoms with E-state index in [4.69, 9.17) is 52.1 Å². The zero-order valence-electron chi connectivity index (χ0n) is 28.5. The summed E-state index contributed by atoms with van der Waals surface area (Å²) in [6.07, 6.45) is -8.02. The van der Waals surface area contributed by atoms with Crippen LogP contribution in [0.15, 0.2) is 54.6 Å². The van der Waals surface area contributed by atoms with Gasteiger partial charge in [0.1, 0.15) is 31.0 Å².